The molecule has 0 radical (unpaired) electrons. The number of anilines is 1. The fraction of sp³-hybridized carbons (Fsp3) is 0.385. The Morgan fingerprint density at radius 3 is 2.41 bits per heavy atom. The van der Waals surface area contributed by atoms with Gasteiger partial charge in [0, 0.05) is 51.7 Å². The SMILES string of the molecule is O=C(C1CCN(c2nc3ccccc3s2)CC1)N1CCN(C/C=C/c2ccccc2)CC1. The smallest absolute Gasteiger partial charge is 0.225 e. The van der Waals surface area contributed by atoms with Crippen LogP contribution in [0.3, 0.4) is 0 Å². The number of nitrogens with zero attached hydrogens (tertiary/aromatic N) is 4. The maximum Gasteiger partial charge on any atom is 0.225 e. The van der Waals surface area contributed by atoms with Crippen LogP contribution in [-0.4, -0.2) is 66.5 Å². The van der Waals surface area contributed by atoms with Gasteiger partial charge in [-0.05, 0) is 30.5 Å². The van der Waals surface area contributed by atoms with E-state index >= 15 is 0 Å². The quantitative estimate of drug-likeness (QED) is 0.584. The summed E-state index contributed by atoms with van der Waals surface area (Å²) in [6.07, 6.45) is 6.25. The van der Waals surface area contributed by atoms with Crippen LogP contribution in [0, 0.1) is 5.92 Å². The monoisotopic (exact) mass is 446 g/mol. The molecule has 3 heterocycles. The molecule has 0 unspecified atom stereocenters. The maximum absolute atomic E-state index is 13.1. The van der Waals surface area contributed by atoms with Crippen LogP contribution in [0.2, 0.25) is 0 Å². The molecule has 1 amide bonds. The molecule has 32 heavy (non-hydrogen) atoms. The molecule has 2 aromatic carbocycles. The van der Waals surface area contributed by atoms with Gasteiger partial charge in [0.2, 0.25) is 5.91 Å². The van der Waals surface area contributed by atoms with Gasteiger partial charge in [-0.3, -0.25) is 9.69 Å². The Hall–Kier alpha value is -2.70. The highest BCUT2D eigenvalue weighted by atomic mass is 32.1. The van der Waals surface area contributed by atoms with Crippen molar-refractivity contribution >= 4 is 38.7 Å². The van der Waals surface area contributed by atoms with Crippen LogP contribution in [0.4, 0.5) is 5.13 Å². The molecule has 2 aliphatic heterocycles. The predicted molar refractivity (Wildman–Crippen MR) is 133 cm³/mol. The molecule has 3 aromatic rings. The molecule has 2 saturated heterocycles. The lowest BCUT2D eigenvalue weighted by Gasteiger charge is -2.38. The van der Waals surface area contributed by atoms with E-state index in [2.05, 4.69) is 69.3 Å². The molecule has 5 nitrogen and oxygen atoms in total. The topological polar surface area (TPSA) is 39.7 Å². The Balaban J connectivity index is 1.08. The van der Waals surface area contributed by atoms with E-state index in [1.807, 2.05) is 12.1 Å². The molecule has 6 heteroatoms. The third-order valence-electron chi connectivity index (χ3n) is 6.55. The number of hydrogen-bond donors (Lipinski definition) is 0. The van der Waals surface area contributed by atoms with Crippen LogP contribution in [0.5, 0.6) is 0 Å². The fourth-order valence-electron chi connectivity index (χ4n) is 4.62. The molecule has 0 saturated carbocycles. The molecular formula is C26H30N4OS. The minimum Gasteiger partial charge on any atom is -0.348 e. The van der Waals surface area contributed by atoms with E-state index in [0.717, 1.165) is 69.3 Å². The van der Waals surface area contributed by atoms with Crippen molar-refractivity contribution < 1.29 is 4.79 Å². The number of carbonyl (C=O) groups is 1. The molecule has 2 fully saturated rings. The Morgan fingerprint density at radius 2 is 1.66 bits per heavy atom. The molecule has 0 atom stereocenters. The minimum absolute atomic E-state index is 0.158. The van der Waals surface area contributed by atoms with Gasteiger partial charge >= 0.3 is 0 Å². The summed E-state index contributed by atoms with van der Waals surface area (Å²) in [6.45, 7) is 6.37. The first-order chi connectivity index (χ1) is 15.8. The second-order valence-corrected chi connectivity index (χ2v) is 9.67. The summed E-state index contributed by atoms with van der Waals surface area (Å²) in [7, 11) is 0. The fourth-order valence-corrected chi connectivity index (χ4v) is 5.64. The lowest BCUT2D eigenvalue weighted by atomic mass is 9.95. The van der Waals surface area contributed by atoms with Gasteiger partial charge < -0.3 is 9.80 Å². The summed E-state index contributed by atoms with van der Waals surface area (Å²) in [5.41, 5.74) is 2.31. The summed E-state index contributed by atoms with van der Waals surface area (Å²) in [5.74, 6) is 0.513. The molecule has 2 aliphatic rings. The third kappa shape index (κ3) is 4.87. The summed E-state index contributed by atoms with van der Waals surface area (Å²) in [6, 6.07) is 18.7. The Labute approximate surface area is 194 Å². The van der Waals surface area contributed by atoms with E-state index in [4.69, 9.17) is 4.98 Å². The Kier molecular flexibility index (Phi) is 6.51. The maximum atomic E-state index is 13.1. The van der Waals surface area contributed by atoms with Gasteiger partial charge in [0.1, 0.15) is 0 Å². The number of aromatic nitrogens is 1. The number of carbonyl (C=O) groups excluding carboxylic acids is 1. The van der Waals surface area contributed by atoms with Gasteiger partial charge in [-0.15, -0.1) is 0 Å². The van der Waals surface area contributed by atoms with Gasteiger partial charge in [-0.2, -0.15) is 0 Å². The summed E-state index contributed by atoms with van der Waals surface area (Å²) in [4.78, 5) is 24.8. The second-order valence-electron chi connectivity index (χ2n) is 8.66. The third-order valence-corrected chi connectivity index (χ3v) is 7.65. The van der Waals surface area contributed by atoms with Gasteiger partial charge in [0.05, 0.1) is 10.2 Å². The first kappa shape index (κ1) is 21.2. The Bertz CT molecular complexity index is 1030. The zero-order chi connectivity index (χ0) is 21.8. The minimum atomic E-state index is 0.158. The van der Waals surface area contributed by atoms with E-state index in [-0.39, 0.29) is 5.92 Å². The second kappa shape index (κ2) is 9.84. The zero-order valence-corrected chi connectivity index (χ0v) is 19.2. The highest BCUT2D eigenvalue weighted by Gasteiger charge is 2.31. The number of piperazine rings is 1. The zero-order valence-electron chi connectivity index (χ0n) is 18.4. The highest BCUT2D eigenvalue weighted by molar-refractivity contribution is 7.22. The van der Waals surface area contributed by atoms with E-state index in [0.29, 0.717) is 5.91 Å². The van der Waals surface area contributed by atoms with E-state index in [9.17, 15) is 4.79 Å². The standard InChI is InChI=1S/C26H30N4OS/c31-25(29-19-17-28(18-20-29)14-6-9-21-7-2-1-3-8-21)22-12-15-30(16-13-22)26-27-23-10-4-5-11-24(23)32-26/h1-11,22H,12-20H2/b9-6+. The average Bonchev–Trinajstić information content (AvgIpc) is 3.29. The summed E-state index contributed by atoms with van der Waals surface area (Å²) in [5, 5.41) is 1.09. The normalized spacial score (nSPS) is 18.6. The predicted octanol–water partition coefficient (Wildman–Crippen LogP) is 4.37. The van der Waals surface area contributed by atoms with Crippen LogP contribution < -0.4 is 4.90 Å². The van der Waals surface area contributed by atoms with Crippen LogP contribution in [0.1, 0.15) is 18.4 Å². The van der Waals surface area contributed by atoms with Gasteiger partial charge in [0.25, 0.3) is 0 Å². The van der Waals surface area contributed by atoms with Crippen molar-refractivity contribution in [3.05, 3.63) is 66.2 Å². The summed E-state index contributed by atoms with van der Waals surface area (Å²) >= 11 is 1.76. The number of para-hydroxylation sites is 1. The summed E-state index contributed by atoms with van der Waals surface area (Å²) < 4.78 is 1.23. The first-order valence-corrected chi connectivity index (χ1v) is 12.4. The first-order valence-electron chi connectivity index (χ1n) is 11.6. The number of amides is 1. The van der Waals surface area contributed by atoms with Crippen LogP contribution in [0.15, 0.2) is 60.7 Å². The molecule has 0 spiro atoms. The van der Waals surface area contributed by atoms with Crippen LogP contribution in [-0.2, 0) is 4.79 Å². The molecule has 0 aliphatic carbocycles. The highest BCUT2D eigenvalue weighted by Crippen LogP contribution is 2.31. The van der Waals surface area contributed by atoms with E-state index in [1.165, 1.54) is 10.3 Å². The van der Waals surface area contributed by atoms with Crippen molar-refractivity contribution in [2.45, 2.75) is 12.8 Å². The molecule has 5 rings (SSSR count). The van der Waals surface area contributed by atoms with Crippen molar-refractivity contribution in [2.24, 2.45) is 5.92 Å². The number of piperidine rings is 1. The number of fused-ring (bicyclic) bond motifs is 1. The molecule has 0 bridgehead atoms. The average molecular weight is 447 g/mol. The van der Waals surface area contributed by atoms with Gasteiger partial charge in [-0.25, -0.2) is 4.98 Å². The number of thiazole rings is 1. The molecule has 0 N–H and O–H groups in total. The number of rotatable bonds is 5. The van der Waals surface area contributed by atoms with Crippen molar-refractivity contribution in [1.29, 1.82) is 0 Å². The van der Waals surface area contributed by atoms with Crippen molar-refractivity contribution in [1.82, 2.24) is 14.8 Å². The van der Waals surface area contributed by atoms with Crippen LogP contribution >= 0.6 is 11.3 Å². The van der Waals surface area contributed by atoms with E-state index < -0.39 is 0 Å². The van der Waals surface area contributed by atoms with Crippen molar-refractivity contribution in [3.63, 3.8) is 0 Å². The lowest BCUT2D eigenvalue weighted by Crippen LogP contribution is -2.51. The number of benzene rings is 2. The lowest BCUT2D eigenvalue weighted by molar-refractivity contribution is -0.137. The Morgan fingerprint density at radius 1 is 0.938 bits per heavy atom. The van der Waals surface area contributed by atoms with E-state index in [1.54, 1.807) is 11.3 Å². The molecular weight excluding hydrogens is 416 g/mol. The molecule has 1 aromatic heterocycles. The van der Waals surface area contributed by atoms with Crippen molar-refractivity contribution in [2.75, 3.05) is 50.7 Å². The molecule has 166 valence electrons. The van der Waals surface area contributed by atoms with Crippen LogP contribution in [0.25, 0.3) is 16.3 Å². The van der Waals surface area contributed by atoms with Crippen molar-refractivity contribution in [3.8, 4) is 0 Å². The largest absolute Gasteiger partial charge is 0.348 e. The van der Waals surface area contributed by atoms with Gasteiger partial charge in [0.15, 0.2) is 5.13 Å². The van der Waals surface area contributed by atoms with Gasteiger partial charge in [-0.1, -0.05) is 66.0 Å². The number of hydrogen-bond acceptors (Lipinski definition) is 5.